The van der Waals surface area contributed by atoms with Crippen LogP contribution in [-0.4, -0.2) is 71.6 Å². The van der Waals surface area contributed by atoms with Gasteiger partial charge >= 0.3 is 12.1 Å². The van der Waals surface area contributed by atoms with Crippen LogP contribution in [0, 0.1) is 5.92 Å². The summed E-state index contributed by atoms with van der Waals surface area (Å²) in [6.07, 6.45) is -5.24. The molecule has 236 valence electrons. The zero-order valence-corrected chi connectivity index (χ0v) is 25.2. The summed E-state index contributed by atoms with van der Waals surface area (Å²) >= 11 is 6.11. The van der Waals surface area contributed by atoms with Gasteiger partial charge in [-0.25, -0.2) is 13.6 Å². The Labute approximate surface area is 249 Å². The summed E-state index contributed by atoms with van der Waals surface area (Å²) in [6.45, 7) is 8.39. The largest absolute Gasteiger partial charge is 0.481 e. The van der Waals surface area contributed by atoms with Crippen LogP contribution in [-0.2, 0) is 30.3 Å². The molecule has 0 radical (unpaired) electrons. The molecule has 0 aliphatic heterocycles. The van der Waals surface area contributed by atoms with Gasteiger partial charge in [0, 0.05) is 24.4 Å². The summed E-state index contributed by atoms with van der Waals surface area (Å²) in [7, 11) is 0. The number of hydrogen-bond donors (Lipinski definition) is 5. The molecule has 4 amide bonds. The number of rotatable bonds is 16. The average Bonchev–Trinajstić information content (AvgIpc) is 2.84. The Morgan fingerprint density at radius 3 is 2.00 bits per heavy atom. The molecule has 0 aromatic heterocycles. The number of benzene rings is 1. The summed E-state index contributed by atoms with van der Waals surface area (Å²) in [5, 5.41) is 19.2. The maximum Gasteiger partial charge on any atom is 0.408 e. The Kier molecular flexibility index (Phi) is 15.2. The highest BCUT2D eigenvalue weighted by Gasteiger charge is 2.32. The van der Waals surface area contributed by atoms with Gasteiger partial charge in [-0.1, -0.05) is 43.6 Å². The van der Waals surface area contributed by atoms with Gasteiger partial charge in [-0.3, -0.25) is 19.2 Å². The fourth-order valence-corrected chi connectivity index (χ4v) is 4.02. The van der Waals surface area contributed by atoms with Crippen molar-refractivity contribution < 1.29 is 42.6 Å². The van der Waals surface area contributed by atoms with Gasteiger partial charge in [0.2, 0.25) is 24.1 Å². The number of nitrogens with one attached hydrogen (secondary N) is 4. The molecule has 0 saturated heterocycles. The van der Waals surface area contributed by atoms with Crippen LogP contribution >= 0.6 is 11.6 Å². The number of carbonyl (C=O) groups excluding carboxylic acids is 4. The number of carboxylic acids is 1. The third kappa shape index (κ3) is 14.9. The molecule has 11 nitrogen and oxygen atoms in total. The number of alkyl halides is 2. The van der Waals surface area contributed by atoms with E-state index >= 15 is 0 Å². The Morgan fingerprint density at radius 1 is 0.905 bits per heavy atom. The maximum absolute atomic E-state index is 13.3. The number of amides is 4. The molecule has 42 heavy (non-hydrogen) atoms. The lowest BCUT2D eigenvalue weighted by molar-refractivity contribution is -0.137. The molecule has 1 rings (SSSR count). The van der Waals surface area contributed by atoms with E-state index in [9.17, 15) is 32.8 Å². The van der Waals surface area contributed by atoms with E-state index in [1.54, 1.807) is 58.9 Å². The van der Waals surface area contributed by atoms with Crippen molar-refractivity contribution in [3.8, 4) is 0 Å². The minimum Gasteiger partial charge on any atom is -0.481 e. The van der Waals surface area contributed by atoms with Gasteiger partial charge in [0.05, 0.1) is 0 Å². The maximum atomic E-state index is 13.3. The molecule has 2 unspecified atom stereocenters. The van der Waals surface area contributed by atoms with Gasteiger partial charge in [0.25, 0.3) is 0 Å². The van der Waals surface area contributed by atoms with E-state index in [0.717, 1.165) is 5.56 Å². The topological polar surface area (TPSA) is 163 Å². The molecule has 0 fully saturated rings. The molecule has 5 N–H and O–H groups in total. The standard InChI is InChI=1S/C28H41ClF2N4O7/c1-16(2)14-20(33-25(39)19(10-11-23(36)37)35-27(41)42-28(3,4)5)26(40)34-21(15-22(30)31)24(38)32-13-12-17-8-6-7-9-18(17)29/h6-9,16,19-22H,10-15H2,1-5H3,(H,32,38)(H,33,39)(H,34,40)(H,35,41)(H,36,37)/t19?,20-,21?/m0/s1. The van der Waals surface area contributed by atoms with Crippen LogP contribution in [0.5, 0.6) is 0 Å². The van der Waals surface area contributed by atoms with Gasteiger partial charge in [0.1, 0.15) is 23.7 Å². The van der Waals surface area contributed by atoms with Crippen LogP contribution in [0.3, 0.4) is 0 Å². The number of aliphatic carboxylic acids is 1. The van der Waals surface area contributed by atoms with Crippen LogP contribution in [0.15, 0.2) is 24.3 Å². The fourth-order valence-electron chi connectivity index (χ4n) is 3.79. The SMILES string of the molecule is CC(C)C[C@H](NC(=O)C(CCC(=O)O)NC(=O)OC(C)(C)C)C(=O)NC(CC(F)F)C(=O)NCCc1ccccc1Cl. The van der Waals surface area contributed by atoms with Gasteiger partial charge in [-0.2, -0.15) is 0 Å². The molecule has 0 heterocycles. The van der Waals surface area contributed by atoms with E-state index < -0.39 is 72.8 Å². The lowest BCUT2D eigenvalue weighted by Crippen LogP contribution is -2.57. The smallest absolute Gasteiger partial charge is 0.408 e. The second-order valence-corrected chi connectivity index (χ2v) is 11.5. The predicted molar refractivity (Wildman–Crippen MR) is 152 cm³/mol. The molecule has 14 heteroatoms. The Bertz CT molecular complexity index is 1080. The van der Waals surface area contributed by atoms with Gasteiger partial charge in [-0.15, -0.1) is 0 Å². The molecular weight excluding hydrogens is 578 g/mol. The van der Waals surface area contributed by atoms with Crippen molar-refractivity contribution in [1.29, 1.82) is 0 Å². The molecule has 0 aliphatic rings. The Morgan fingerprint density at radius 2 is 1.48 bits per heavy atom. The lowest BCUT2D eigenvalue weighted by atomic mass is 10.0. The van der Waals surface area contributed by atoms with E-state index in [1.807, 2.05) is 0 Å². The lowest BCUT2D eigenvalue weighted by Gasteiger charge is -2.27. The molecule has 0 bridgehead atoms. The zero-order valence-electron chi connectivity index (χ0n) is 24.5. The summed E-state index contributed by atoms with van der Waals surface area (Å²) < 4.78 is 31.8. The van der Waals surface area contributed by atoms with Crippen molar-refractivity contribution in [3.05, 3.63) is 34.9 Å². The van der Waals surface area contributed by atoms with Gasteiger partial charge < -0.3 is 31.1 Å². The highest BCUT2D eigenvalue weighted by molar-refractivity contribution is 6.31. The average molecular weight is 619 g/mol. The summed E-state index contributed by atoms with van der Waals surface area (Å²) in [6, 6.07) is 2.70. The normalized spacial score (nSPS) is 13.6. The number of hydrogen-bond acceptors (Lipinski definition) is 6. The van der Waals surface area contributed by atoms with Crippen LogP contribution < -0.4 is 21.3 Å². The second-order valence-electron chi connectivity index (χ2n) is 11.1. The van der Waals surface area contributed by atoms with E-state index in [2.05, 4.69) is 21.3 Å². The minimum atomic E-state index is -2.92. The highest BCUT2D eigenvalue weighted by atomic mass is 35.5. The van der Waals surface area contributed by atoms with Crippen molar-refractivity contribution >= 4 is 41.4 Å². The van der Waals surface area contributed by atoms with Crippen LogP contribution in [0.2, 0.25) is 5.02 Å². The number of carbonyl (C=O) groups is 5. The van der Waals surface area contributed by atoms with E-state index in [-0.39, 0.29) is 25.3 Å². The first-order chi connectivity index (χ1) is 19.5. The minimum absolute atomic E-state index is 0.0607. The molecule has 1 aromatic rings. The highest BCUT2D eigenvalue weighted by Crippen LogP contribution is 2.15. The Hall–Kier alpha value is -3.48. The first-order valence-electron chi connectivity index (χ1n) is 13.6. The molecular formula is C28H41ClF2N4O7. The van der Waals surface area contributed by atoms with Crippen LogP contribution in [0.25, 0.3) is 0 Å². The number of halogens is 3. The van der Waals surface area contributed by atoms with Crippen molar-refractivity contribution in [2.75, 3.05) is 6.54 Å². The quantitative estimate of drug-likeness (QED) is 0.189. The zero-order chi connectivity index (χ0) is 32.0. The summed E-state index contributed by atoms with van der Waals surface area (Å²) in [5.41, 5.74) is -0.155. The monoisotopic (exact) mass is 618 g/mol. The van der Waals surface area contributed by atoms with E-state index in [0.29, 0.717) is 11.4 Å². The number of ether oxygens (including phenoxy) is 1. The van der Waals surface area contributed by atoms with E-state index in [4.69, 9.17) is 21.4 Å². The molecule has 1 aromatic carbocycles. The number of alkyl carbamates (subject to hydrolysis) is 1. The first-order valence-corrected chi connectivity index (χ1v) is 14.0. The Balaban J connectivity index is 3.00. The summed E-state index contributed by atoms with van der Waals surface area (Å²) in [4.78, 5) is 62.4. The van der Waals surface area contributed by atoms with Gasteiger partial charge in [0.15, 0.2) is 0 Å². The fraction of sp³-hybridized carbons (Fsp3) is 0.607. The molecule has 0 spiro atoms. The van der Waals surface area contributed by atoms with E-state index in [1.165, 1.54) is 0 Å². The third-order valence-corrected chi connectivity index (χ3v) is 6.06. The predicted octanol–water partition coefficient (Wildman–Crippen LogP) is 3.43. The third-order valence-electron chi connectivity index (χ3n) is 5.69. The van der Waals surface area contributed by atoms with Crippen molar-refractivity contribution in [3.63, 3.8) is 0 Å². The van der Waals surface area contributed by atoms with Crippen LogP contribution in [0.1, 0.15) is 65.9 Å². The first kappa shape index (κ1) is 36.5. The summed E-state index contributed by atoms with van der Waals surface area (Å²) in [5.74, 6) is -3.98. The molecule has 3 atom stereocenters. The molecule has 0 saturated carbocycles. The van der Waals surface area contributed by atoms with Crippen molar-refractivity contribution in [1.82, 2.24) is 21.3 Å². The second kappa shape index (κ2) is 17.5. The van der Waals surface area contributed by atoms with Crippen molar-refractivity contribution in [2.24, 2.45) is 5.92 Å². The van der Waals surface area contributed by atoms with Crippen molar-refractivity contribution in [2.45, 2.75) is 96.9 Å². The van der Waals surface area contributed by atoms with Gasteiger partial charge in [-0.05, 0) is 57.6 Å². The molecule has 0 aliphatic carbocycles. The van der Waals surface area contributed by atoms with Crippen LogP contribution in [0.4, 0.5) is 13.6 Å². The number of carboxylic acid groups (broad SMARTS) is 1.